The van der Waals surface area contributed by atoms with E-state index in [0.29, 0.717) is 12.0 Å². The Bertz CT molecular complexity index is 656. The van der Waals surface area contributed by atoms with Crippen molar-refractivity contribution in [1.29, 1.82) is 0 Å². The summed E-state index contributed by atoms with van der Waals surface area (Å²) in [6, 6.07) is 4.58. The van der Waals surface area contributed by atoms with E-state index < -0.39 is 0 Å². The van der Waals surface area contributed by atoms with Crippen molar-refractivity contribution >= 4 is 17.2 Å². The van der Waals surface area contributed by atoms with Crippen molar-refractivity contribution in [2.45, 2.75) is 31.8 Å². The second-order valence-electron chi connectivity index (χ2n) is 6.21. The normalized spacial score (nSPS) is 30.4. The average Bonchev–Trinajstić information content (AvgIpc) is 3.21. The Morgan fingerprint density at radius 3 is 2.91 bits per heavy atom. The first-order valence-corrected chi connectivity index (χ1v) is 8.68. The van der Waals surface area contributed by atoms with Crippen molar-refractivity contribution in [3.63, 3.8) is 0 Å². The van der Waals surface area contributed by atoms with E-state index in [1.807, 2.05) is 12.1 Å². The molecule has 2 aromatic heterocycles. The summed E-state index contributed by atoms with van der Waals surface area (Å²) in [6.45, 7) is 4.60. The van der Waals surface area contributed by atoms with Gasteiger partial charge in [0.2, 0.25) is 0 Å². The number of nitrogens with one attached hydrogen (secondary N) is 2. The van der Waals surface area contributed by atoms with Crippen LogP contribution in [0.5, 0.6) is 0 Å². The number of rotatable bonds is 3. The van der Waals surface area contributed by atoms with Gasteiger partial charge in [-0.2, -0.15) is 0 Å². The molecule has 2 aromatic rings. The summed E-state index contributed by atoms with van der Waals surface area (Å²) in [4.78, 5) is 24.1. The third-order valence-corrected chi connectivity index (χ3v) is 6.13. The zero-order chi connectivity index (χ0) is 15.1. The lowest BCUT2D eigenvalue weighted by molar-refractivity contribution is 0.0218. The average molecular weight is 316 g/mol. The fraction of sp³-hybridized carbons (Fsp3) is 0.500. The number of hydrogen-bond donors (Lipinski definition) is 2. The standard InChI is InChI=1S/C16H20N4OS/c1-10-14(11-4-8-20(10)9-5-11)19-16(21)13-3-2-12(22-13)15-17-6-7-18-15/h2-3,6-7,10-11,14H,4-5,8-9H2,1H3,(H,17,18)(H,19,21)/t10-,14+/m1/s1. The van der Waals surface area contributed by atoms with Crippen LogP contribution in [0.2, 0.25) is 0 Å². The second kappa shape index (κ2) is 5.52. The van der Waals surface area contributed by atoms with E-state index >= 15 is 0 Å². The first kappa shape index (κ1) is 14.0. The number of amides is 1. The molecule has 2 N–H and O–H groups in total. The fourth-order valence-electron chi connectivity index (χ4n) is 3.75. The van der Waals surface area contributed by atoms with Gasteiger partial charge < -0.3 is 10.3 Å². The number of fused-ring (bicyclic) bond motifs is 3. The van der Waals surface area contributed by atoms with Gasteiger partial charge in [-0.1, -0.05) is 0 Å². The number of carbonyl (C=O) groups is 1. The lowest BCUT2D eigenvalue weighted by Gasteiger charge is -2.49. The Hall–Kier alpha value is -1.66. The minimum atomic E-state index is 0.0495. The Labute approximate surface area is 133 Å². The molecule has 3 aliphatic heterocycles. The number of nitrogens with zero attached hydrogens (tertiary/aromatic N) is 2. The van der Waals surface area contributed by atoms with Crippen molar-refractivity contribution in [3.8, 4) is 10.7 Å². The largest absolute Gasteiger partial charge is 0.347 e. The molecule has 2 atom stereocenters. The monoisotopic (exact) mass is 316 g/mol. The van der Waals surface area contributed by atoms with E-state index in [2.05, 4.69) is 27.1 Å². The molecule has 5 heterocycles. The number of hydrogen-bond acceptors (Lipinski definition) is 4. The topological polar surface area (TPSA) is 61.0 Å². The third-order valence-electron chi connectivity index (χ3n) is 5.04. The van der Waals surface area contributed by atoms with E-state index in [-0.39, 0.29) is 11.9 Å². The molecule has 3 aliphatic rings. The van der Waals surface area contributed by atoms with Gasteiger partial charge in [-0.3, -0.25) is 9.69 Å². The molecule has 3 fully saturated rings. The van der Waals surface area contributed by atoms with Crippen LogP contribution in [0, 0.1) is 5.92 Å². The van der Waals surface area contributed by atoms with Crippen molar-refractivity contribution in [3.05, 3.63) is 29.4 Å². The number of aromatic nitrogens is 2. The summed E-state index contributed by atoms with van der Waals surface area (Å²) in [5, 5.41) is 3.27. The summed E-state index contributed by atoms with van der Waals surface area (Å²) in [6.07, 6.45) is 5.93. The van der Waals surface area contributed by atoms with Crippen LogP contribution in [0.25, 0.3) is 10.7 Å². The van der Waals surface area contributed by atoms with Crippen LogP contribution in [0.15, 0.2) is 24.5 Å². The van der Waals surface area contributed by atoms with Crippen LogP contribution in [0.4, 0.5) is 0 Å². The van der Waals surface area contributed by atoms with Crippen LogP contribution in [-0.4, -0.2) is 45.9 Å². The molecule has 2 bridgehead atoms. The SMILES string of the molecule is C[C@@H]1[C@H](NC(=O)c2ccc(-c3ncc[nH]3)s2)C2CCN1CC2. The summed E-state index contributed by atoms with van der Waals surface area (Å²) >= 11 is 1.49. The first-order chi connectivity index (χ1) is 10.7. The van der Waals surface area contributed by atoms with Crippen molar-refractivity contribution in [2.75, 3.05) is 13.1 Å². The zero-order valence-electron chi connectivity index (χ0n) is 12.6. The lowest BCUT2D eigenvalue weighted by atomic mass is 9.79. The Morgan fingerprint density at radius 2 is 2.23 bits per heavy atom. The van der Waals surface area contributed by atoms with Crippen LogP contribution in [0.1, 0.15) is 29.4 Å². The molecule has 0 aliphatic carbocycles. The van der Waals surface area contributed by atoms with Gasteiger partial charge in [-0.15, -0.1) is 11.3 Å². The number of carbonyl (C=O) groups excluding carboxylic acids is 1. The molecule has 22 heavy (non-hydrogen) atoms. The highest BCUT2D eigenvalue weighted by Gasteiger charge is 2.40. The molecule has 1 amide bonds. The predicted octanol–water partition coefficient (Wildman–Crippen LogP) is 2.35. The van der Waals surface area contributed by atoms with Gasteiger partial charge in [0.05, 0.1) is 9.75 Å². The number of imidazole rings is 1. The highest BCUT2D eigenvalue weighted by molar-refractivity contribution is 7.17. The van der Waals surface area contributed by atoms with E-state index in [1.54, 1.807) is 12.4 Å². The molecule has 0 spiro atoms. The van der Waals surface area contributed by atoms with Gasteiger partial charge in [0.25, 0.3) is 5.91 Å². The third kappa shape index (κ3) is 2.36. The Balaban J connectivity index is 1.48. The minimum absolute atomic E-state index is 0.0495. The molecule has 0 aromatic carbocycles. The van der Waals surface area contributed by atoms with Gasteiger partial charge >= 0.3 is 0 Å². The van der Waals surface area contributed by atoms with Crippen LogP contribution < -0.4 is 5.32 Å². The van der Waals surface area contributed by atoms with Gasteiger partial charge in [0, 0.05) is 24.5 Å². The van der Waals surface area contributed by atoms with Gasteiger partial charge in [0.1, 0.15) is 5.82 Å². The maximum Gasteiger partial charge on any atom is 0.261 e. The van der Waals surface area contributed by atoms with E-state index in [1.165, 1.54) is 37.3 Å². The van der Waals surface area contributed by atoms with Crippen LogP contribution in [-0.2, 0) is 0 Å². The van der Waals surface area contributed by atoms with Crippen molar-refractivity contribution in [1.82, 2.24) is 20.2 Å². The Morgan fingerprint density at radius 1 is 1.41 bits per heavy atom. The smallest absolute Gasteiger partial charge is 0.261 e. The molecule has 0 unspecified atom stereocenters. The zero-order valence-corrected chi connectivity index (χ0v) is 13.4. The number of piperidine rings is 3. The van der Waals surface area contributed by atoms with Gasteiger partial charge in [-0.05, 0) is 50.9 Å². The summed E-state index contributed by atoms with van der Waals surface area (Å²) in [5.41, 5.74) is 0. The van der Waals surface area contributed by atoms with Crippen molar-refractivity contribution in [2.24, 2.45) is 5.92 Å². The number of H-pyrrole nitrogens is 1. The molecule has 3 saturated heterocycles. The minimum Gasteiger partial charge on any atom is -0.347 e. The quantitative estimate of drug-likeness (QED) is 0.914. The van der Waals surface area contributed by atoms with E-state index in [0.717, 1.165) is 15.6 Å². The summed E-state index contributed by atoms with van der Waals surface area (Å²) in [5.74, 6) is 1.50. The number of aromatic amines is 1. The van der Waals surface area contributed by atoms with Crippen LogP contribution >= 0.6 is 11.3 Å². The molecule has 6 heteroatoms. The highest BCUT2D eigenvalue weighted by atomic mass is 32.1. The predicted molar refractivity (Wildman–Crippen MR) is 86.9 cm³/mol. The van der Waals surface area contributed by atoms with Crippen molar-refractivity contribution < 1.29 is 4.79 Å². The highest BCUT2D eigenvalue weighted by Crippen LogP contribution is 2.33. The number of thiophene rings is 1. The molecule has 5 nitrogen and oxygen atoms in total. The van der Waals surface area contributed by atoms with Gasteiger partial charge in [-0.25, -0.2) is 4.98 Å². The molecular formula is C16H20N4OS. The molecule has 0 saturated carbocycles. The second-order valence-corrected chi connectivity index (χ2v) is 7.30. The fourth-order valence-corrected chi connectivity index (χ4v) is 4.62. The molecule has 116 valence electrons. The maximum atomic E-state index is 12.6. The molecular weight excluding hydrogens is 296 g/mol. The lowest BCUT2D eigenvalue weighted by Crippen LogP contribution is -2.62. The molecule has 5 rings (SSSR count). The van der Waals surface area contributed by atoms with Crippen LogP contribution in [0.3, 0.4) is 0 Å². The summed E-state index contributed by atoms with van der Waals surface area (Å²) < 4.78 is 0. The molecule has 0 radical (unpaired) electrons. The maximum absolute atomic E-state index is 12.6. The first-order valence-electron chi connectivity index (χ1n) is 7.87. The van der Waals surface area contributed by atoms with E-state index in [9.17, 15) is 4.79 Å². The summed E-state index contributed by atoms with van der Waals surface area (Å²) in [7, 11) is 0. The van der Waals surface area contributed by atoms with Gasteiger partial charge in [0.15, 0.2) is 0 Å². The Kier molecular flexibility index (Phi) is 3.50. The van der Waals surface area contributed by atoms with E-state index in [4.69, 9.17) is 0 Å².